The highest BCUT2D eigenvalue weighted by Crippen LogP contribution is 2.39. The fourth-order valence-corrected chi connectivity index (χ4v) is 4.15. The molecule has 2 fully saturated rings. The Kier molecular flexibility index (Phi) is 6.02. The van der Waals surface area contributed by atoms with Crippen molar-refractivity contribution in [3.05, 3.63) is 71.3 Å². The molecule has 1 heterocycles. The van der Waals surface area contributed by atoms with E-state index in [1.165, 1.54) is 24.3 Å². The minimum atomic E-state index is -1.16. The van der Waals surface area contributed by atoms with Crippen molar-refractivity contribution in [3.63, 3.8) is 0 Å². The van der Waals surface area contributed by atoms with Gasteiger partial charge >= 0.3 is 6.09 Å². The number of aliphatic hydroxyl groups is 1. The summed E-state index contributed by atoms with van der Waals surface area (Å²) < 4.78 is 37.9. The van der Waals surface area contributed by atoms with Crippen LogP contribution in [0.2, 0.25) is 0 Å². The second-order valence-electron chi connectivity index (χ2n) is 7.96. The van der Waals surface area contributed by atoms with E-state index in [4.69, 9.17) is 9.47 Å². The van der Waals surface area contributed by atoms with Crippen LogP contribution >= 0.6 is 0 Å². The number of carbonyl (C=O) groups excluding carboxylic acids is 2. The highest BCUT2D eigenvalue weighted by Gasteiger charge is 2.55. The number of β-amino-alcohol motifs (C(OH)–C–C–N with tert-alkyl or cyclic N) is 1. The Balaban J connectivity index is 1.44. The average Bonchev–Trinajstić information content (AvgIpc) is 3.31. The zero-order valence-electron chi connectivity index (χ0n) is 16.8. The summed E-state index contributed by atoms with van der Waals surface area (Å²) in [5, 5.41) is 10.5. The summed E-state index contributed by atoms with van der Waals surface area (Å²) in [7, 11) is 0. The standard InChI is InChI=1S/C23H23F2NO5/c24-17-7-3-15(4-8-17)20(16-5-9-18(25)10-6-16)30-14-19(27)13-26-21(28)23(31-22(26)29)11-1-2-12-23/h3-10,19-20,27H,1-2,11-14H2. The highest BCUT2D eigenvalue weighted by molar-refractivity contribution is 6.03. The van der Waals surface area contributed by atoms with E-state index in [1.54, 1.807) is 24.3 Å². The van der Waals surface area contributed by atoms with Gasteiger partial charge in [-0.25, -0.2) is 18.5 Å². The Bertz CT molecular complexity index is 896. The Morgan fingerprint density at radius 1 is 0.968 bits per heavy atom. The second kappa shape index (κ2) is 8.72. The van der Waals surface area contributed by atoms with Crippen LogP contribution in [0.4, 0.5) is 13.6 Å². The normalized spacial score (nSPS) is 18.8. The fourth-order valence-electron chi connectivity index (χ4n) is 4.15. The Morgan fingerprint density at radius 2 is 1.48 bits per heavy atom. The molecule has 2 aliphatic rings. The van der Waals surface area contributed by atoms with Gasteiger partial charge in [-0.2, -0.15) is 0 Å². The predicted molar refractivity (Wildman–Crippen MR) is 106 cm³/mol. The topological polar surface area (TPSA) is 76.1 Å². The molecule has 1 aliphatic heterocycles. The first-order valence-electron chi connectivity index (χ1n) is 10.2. The number of benzene rings is 2. The molecule has 1 atom stereocenters. The van der Waals surface area contributed by atoms with Gasteiger partial charge in [-0.3, -0.25) is 4.79 Å². The molecule has 4 rings (SSSR count). The van der Waals surface area contributed by atoms with Crippen LogP contribution in [-0.4, -0.2) is 46.9 Å². The number of imide groups is 1. The van der Waals surface area contributed by atoms with Gasteiger partial charge in [0.05, 0.1) is 19.3 Å². The third-order valence-electron chi connectivity index (χ3n) is 5.74. The number of rotatable bonds is 7. The van der Waals surface area contributed by atoms with Gasteiger partial charge in [0.2, 0.25) is 0 Å². The first kappa shape index (κ1) is 21.4. The molecule has 1 saturated heterocycles. The third kappa shape index (κ3) is 4.45. The zero-order valence-corrected chi connectivity index (χ0v) is 16.8. The lowest BCUT2D eigenvalue weighted by Gasteiger charge is -2.23. The van der Waals surface area contributed by atoms with Crippen molar-refractivity contribution in [1.82, 2.24) is 4.90 Å². The van der Waals surface area contributed by atoms with Crippen LogP contribution in [-0.2, 0) is 14.3 Å². The maximum Gasteiger partial charge on any atom is 0.417 e. The number of aliphatic hydroxyl groups excluding tert-OH is 1. The van der Waals surface area contributed by atoms with Crippen LogP contribution in [0, 0.1) is 11.6 Å². The van der Waals surface area contributed by atoms with Gasteiger partial charge in [0.25, 0.3) is 5.91 Å². The van der Waals surface area contributed by atoms with Crippen molar-refractivity contribution in [3.8, 4) is 0 Å². The third-order valence-corrected chi connectivity index (χ3v) is 5.74. The first-order valence-corrected chi connectivity index (χ1v) is 10.2. The van der Waals surface area contributed by atoms with E-state index >= 15 is 0 Å². The summed E-state index contributed by atoms with van der Waals surface area (Å²) >= 11 is 0. The summed E-state index contributed by atoms with van der Waals surface area (Å²) in [4.78, 5) is 25.8. The quantitative estimate of drug-likeness (QED) is 0.723. The maximum absolute atomic E-state index is 13.3. The average molecular weight is 431 g/mol. The Labute approximate surface area is 178 Å². The monoisotopic (exact) mass is 431 g/mol. The molecule has 8 heteroatoms. The molecule has 1 aliphatic carbocycles. The molecule has 2 aromatic carbocycles. The lowest BCUT2D eigenvalue weighted by molar-refractivity contribution is -0.137. The Hall–Kier alpha value is -2.84. The minimum Gasteiger partial charge on any atom is -0.432 e. The van der Waals surface area contributed by atoms with Crippen molar-refractivity contribution in [1.29, 1.82) is 0 Å². The molecule has 1 unspecified atom stereocenters. The largest absolute Gasteiger partial charge is 0.432 e. The number of hydrogen-bond acceptors (Lipinski definition) is 5. The van der Waals surface area contributed by atoms with Crippen molar-refractivity contribution in [2.75, 3.05) is 13.2 Å². The molecule has 164 valence electrons. The molecular weight excluding hydrogens is 408 g/mol. The highest BCUT2D eigenvalue weighted by atomic mass is 19.1. The lowest BCUT2D eigenvalue weighted by Crippen LogP contribution is -2.43. The summed E-state index contributed by atoms with van der Waals surface area (Å²) in [6, 6.07) is 11.3. The van der Waals surface area contributed by atoms with Gasteiger partial charge in [0.1, 0.15) is 17.7 Å². The molecule has 6 nitrogen and oxygen atoms in total. The molecule has 2 aromatic rings. The van der Waals surface area contributed by atoms with Crippen molar-refractivity contribution in [2.24, 2.45) is 0 Å². The molecular formula is C23H23F2NO5. The lowest BCUT2D eigenvalue weighted by atomic mass is 10.0. The predicted octanol–water partition coefficient (Wildman–Crippen LogP) is 3.72. The van der Waals surface area contributed by atoms with Gasteiger partial charge < -0.3 is 14.6 Å². The number of hydrogen-bond donors (Lipinski definition) is 1. The van der Waals surface area contributed by atoms with Crippen LogP contribution in [0.25, 0.3) is 0 Å². The maximum atomic E-state index is 13.3. The van der Waals surface area contributed by atoms with E-state index in [0.717, 1.165) is 17.7 Å². The molecule has 0 bridgehead atoms. The number of carbonyl (C=O) groups is 2. The van der Waals surface area contributed by atoms with Gasteiger partial charge in [-0.05, 0) is 61.1 Å². The van der Waals surface area contributed by atoms with Gasteiger partial charge in [-0.1, -0.05) is 24.3 Å². The van der Waals surface area contributed by atoms with Gasteiger partial charge in [0.15, 0.2) is 5.60 Å². The van der Waals surface area contributed by atoms with Crippen LogP contribution in [0.3, 0.4) is 0 Å². The van der Waals surface area contributed by atoms with Crippen molar-refractivity contribution >= 4 is 12.0 Å². The molecule has 31 heavy (non-hydrogen) atoms. The van der Waals surface area contributed by atoms with Gasteiger partial charge in [0, 0.05) is 0 Å². The molecule has 0 radical (unpaired) electrons. The van der Waals surface area contributed by atoms with Crippen LogP contribution in [0.5, 0.6) is 0 Å². The molecule has 1 N–H and O–H groups in total. The molecule has 1 saturated carbocycles. The first-order chi connectivity index (χ1) is 14.9. The second-order valence-corrected chi connectivity index (χ2v) is 7.96. The summed E-state index contributed by atoms with van der Waals surface area (Å²) in [6.07, 6.45) is 0.0233. The van der Waals surface area contributed by atoms with Crippen LogP contribution in [0.15, 0.2) is 48.5 Å². The van der Waals surface area contributed by atoms with E-state index in [2.05, 4.69) is 0 Å². The zero-order chi connectivity index (χ0) is 22.0. The number of halogens is 2. The van der Waals surface area contributed by atoms with Crippen molar-refractivity contribution in [2.45, 2.75) is 43.5 Å². The number of ether oxygens (including phenoxy) is 2. The summed E-state index contributed by atoms with van der Waals surface area (Å²) in [6.45, 7) is -0.456. The molecule has 2 amide bonds. The van der Waals surface area contributed by atoms with E-state index in [9.17, 15) is 23.5 Å². The van der Waals surface area contributed by atoms with E-state index < -0.39 is 41.4 Å². The minimum absolute atomic E-state index is 0.205. The SMILES string of the molecule is O=C1OC2(CCCC2)C(=O)N1CC(O)COC(c1ccc(F)cc1)c1ccc(F)cc1. The summed E-state index contributed by atoms with van der Waals surface area (Å²) in [5.41, 5.74) is 0.145. The smallest absolute Gasteiger partial charge is 0.417 e. The van der Waals surface area contributed by atoms with E-state index in [1.807, 2.05) is 0 Å². The van der Waals surface area contributed by atoms with E-state index in [0.29, 0.717) is 24.0 Å². The Morgan fingerprint density at radius 3 is 2.00 bits per heavy atom. The molecule has 1 spiro atoms. The fraction of sp³-hybridized carbons (Fsp3) is 0.391. The number of nitrogens with zero attached hydrogens (tertiary/aromatic N) is 1. The number of amides is 2. The van der Waals surface area contributed by atoms with E-state index in [-0.39, 0.29) is 13.2 Å². The molecule has 0 aromatic heterocycles. The summed E-state index contributed by atoms with van der Waals surface area (Å²) in [5.74, 6) is -1.23. The van der Waals surface area contributed by atoms with Crippen LogP contribution < -0.4 is 0 Å². The van der Waals surface area contributed by atoms with Crippen molar-refractivity contribution < 1.29 is 33.0 Å². The van der Waals surface area contributed by atoms with Crippen LogP contribution in [0.1, 0.15) is 42.9 Å². The van der Waals surface area contributed by atoms with Gasteiger partial charge in [-0.15, -0.1) is 0 Å².